The molecule has 102 valence electrons. The Morgan fingerprint density at radius 1 is 1.25 bits per heavy atom. The average Bonchev–Trinajstić information content (AvgIpc) is 2.87. The third-order valence-electron chi connectivity index (χ3n) is 2.77. The standard InChI is InChI=1S/C15H15N3S2/c1-2-8-16-14-10-11(7-9-17-14)19-15-18-12-5-3-4-6-13(12)20-15/h3-7,9-10H,2,8H2,1H3,(H,16,17). The van der Waals surface area contributed by atoms with Crippen molar-refractivity contribution in [1.29, 1.82) is 0 Å². The zero-order valence-corrected chi connectivity index (χ0v) is 12.8. The van der Waals surface area contributed by atoms with Gasteiger partial charge in [-0.1, -0.05) is 30.8 Å². The molecule has 3 rings (SSSR count). The second-order valence-corrected chi connectivity index (χ2v) is 6.70. The summed E-state index contributed by atoms with van der Waals surface area (Å²) in [5.74, 6) is 0.929. The lowest BCUT2D eigenvalue weighted by Crippen LogP contribution is -2.01. The third kappa shape index (κ3) is 3.11. The molecule has 0 amide bonds. The normalized spacial score (nSPS) is 10.8. The molecule has 0 spiro atoms. The topological polar surface area (TPSA) is 37.8 Å². The van der Waals surface area contributed by atoms with E-state index in [4.69, 9.17) is 0 Å². The van der Waals surface area contributed by atoms with E-state index >= 15 is 0 Å². The van der Waals surface area contributed by atoms with Gasteiger partial charge in [-0.2, -0.15) is 0 Å². The minimum absolute atomic E-state index is 0.929. The minimum atomic E-state index is 0.929. The molecule has 0 saturated heterocycles. The van der Waals surface area contributed by atoms with Crippen LogP contribution in [0, 0.1) is 0 Å². The van der Waals surface area contributed by atoms with E-state index in [0.717, 1.165) is 33.5 Å². The second kappa shape index (κ2) is 6.24. The van der Waals surface area contributed by atoms with E-state index < -0.39 is 0 Å². The Morgan fingerprint density at radius 2 is 2.15 bits per heavy atom. The number of nitrogens with one attached hydrogen (secondary N) is 1. The maximum atomic E-state index is 4.64. The summed E-state index contributed by atoms with van der Waals surface area (Å²) in [7, 11) is 0. The van der Waals surface area contributed by atoms with Gasteiger partial charge in [0.2, 0.25) is 0 Å². The van der Waals surface area contributed by atoms with Gasteiger partial charge in [0.15, 0.2) is 4.34 Å². The largest absolute Gasteiger partial charge is 0.370 e. The lowest BCUT2D eigenvalue weighted by Gasteiger charge is -2.04. The molecule has 3 aromatic rings. The number of fused-ring (bicyclic) bond motifs is 1. The zero-order valence-electron chi connectivity index (χ0n) is 11.2. The van der Waals surface area contributed by atoms with Gasteiger partial charge in [-0.15, -0.1) is 11.3 Å². The molecular weight excluding hydrogens is 286 g/mol. The summed E-state index contributed by atoms with van der Waals surface area (Å²) in [5.41, 5.74) is 1.07. The first-order valence-electron chi connectivity index (χ1n) is 6.58. The molecule has 0 aliphatic heterocycles. The van der Waals surface area contributed by atoms with Crippen LogP contribution in [0.3, 0.4) is 0 Å². The molecule has 1 aromatic carbocycles. The molecule has 0 aliphatic rings. The number of para-hydroxylation sites is 1. The van der Waals surface area contributed by atoms with Crippen molar-refractivity contribution in [3.63, 3.8) is 0 Å². The van der Waals surface area contributed by atoms with Gasteiger partial charge in [0.05, 0.1) is 10.2 Å². The van der Waals surface area contributed by atoms with Crippen LogP contribution >= 0.6 is 23.1 Å². The van der Waals surface area contributed by atoms with Crippen molar-refractivity contribution in [3.8, 4) is 0 Å². The van der Waals surface area contributed by atoms with Crippen molar-refractivity contribution in [2.45, 2.75) is 22.6 Å². The Morgan fingerprint density at radius 3 is 3.00 bits per heavy atom. The first-order valence-corrected chi connectivity index (χ1v) is 8.22. The zero-order chi connectivity index (χ0) is 13.8. The number of benzene rings is 1. The highest BCUT2D eigenvalue weighted by molar-refractivity contribution is 8.01. The van der Waals surface area contributed by atoms with Crippen molar-refractivity contribution >= 4 is 39.1 Å². The number of nitrogens with zero attached hydrogens (tertiary/aromatic N) is 2. The SMILES string of the molecule is CCCNc1cc(Sc2nc3ccccc3s2)ccn1. The third-order valence-corrected chi connectivity index (χ3v) is 4.85. The van der Waals surface area contributed by atoms with Gasteiger partial charge in [0, 0.05) is 17.6 Å². The van der Waals surface area contributed by atoms with Crippen LogP contribution < -0.4 is 5.32 Å². The number of anilines is 1. The quantitative estimate of drug-likeness (QED) is 0.743. The molecule has 1 N–H and O–H groups in total. The summed E-state index contributed by atoms with van der Waals surface area (Å²) in [4.78, 5) is 10.1. The van der Waals surface area contributed by atoms with E-state index in [9.17, 15) is 0 Å². The second-order valence-electron chi connectivity index (χ2n) is 4.35. The van der Waals surface area contributed by atoms with Crippen molar-refractivity contribution in [2.24, 2.45) is 0 Å². The van der Waals surface area contributed by atoms with Crippen molar-refractivity contribution < 1.29 is 0 Å². The van der Waals surface area contributed by atoms with Crippen LogP contribution in [0.5, 0.6) is 0 Å². The average molecular weight is 301 g/mol. The van der Waals surface area contributed by atoms with Crippen LogP contribution in [0.1, 0.15) is 13.3 Å². The first-order chi connectivity index (χ1) is 9.85. The highest BCUT2D eigenvalue weighted by Crippen LogP contribution is 2.34. The molecular formula is C15H15N3S2. The van der Waals surface area contributed by atoms with Gasteiger partial charge >= 0.3 is 0 Å². The van der Waals surface area contributed by atoms with Gasteiger partial charge in [0.25, 0.3) is 0 Å². The molecule has 3 nitrogen and oxygen atoms in total. The van der Waals surface area contributed by atoms with E-state index in [-0.39, 0.29) is 0 Å². The maximum Gasteiger partial charge on any atom is 0.155 e. The highest BCUT2D eigenvalue weighted by atomic mass is 32.2. The number of aromatic nitrogens is 2. The Hall–Kier alpha value is -1.59. The van der Waals surface area contributed by atoms with E-state index in [2.05, 4.69) is 40.4 Å². The van der Waals surface area contributed by atoms with Crippen molar-refractivity contribution in [3.05, 3.63) is 42.6 Å². The fourth-order valence-corrected chi connectivity index (χ4v) is 3.89. The number of hydrogen-bond acceptors (Lipinski definition) is 5. The van der Waals surface area contributed by atoms with Crippen LogP contribution in [-0.2, 0) is 0 Å². The molecule has 0 bridgehead atoms. The molecule has 0 atom stereocenters. The van der Waals surface area contributed by atoms with Gasteiger partial charge < -0.3 is 5.32 Å². The fourth-order valence-electron chi connectivity index (χ4n) is 1.82. The summed E-state index contributed by atoms with van der Waals surface area (Å²) in [5, 5.41) is 3.31. The van der Waals surface area contributed by atoms with Crippen LogP contribution in [0.2, 0.25) is 0 Å². The van der Waals surface area contributed by atoms with Gasteiger partial charge in [-0.3, -0.25) is 0 Å². The summed E-state index contributed by atoms with van der Waals surface area (Å²) >= 11 is 3.42. The summed E-state index contributed by atoms with van der Waals surface area (Å²) in [6, 6.07) is 12.3. The molecule has 2 aromatic heterocycles. The Bertz CT molecular complexity index is 676. The molecule has 2 heterocycles. The summed E-state index contributed by atoms with van der Waals surface area (Å²) < 4.78 is 2.30. The summed E-state index contributed by atoms with van der Waals surface area (Å²) in [6.07, 6.45) is 2.94. The van der Waals surface area contributed by atoms with Crippen molar-refractivity contribution in [2.75, 3.05) is 11.9 Å². The van der Waals surface area contributed by atoms with Crippen molar-refractivity contribution in [1.82, 2.24) is 9.97 Å². The number of thiazole rings is 1. The maximum absolute atomic E-state index is 4.64. The first kappa shape index (κ1) is 13.4. The predicted octanol–water partition coefficient (Wildman–Crippen LogP) is 4.66. The number of pyridine rings is 1. The predicted molar refractivity (Wildman–Crippen MR) is 86.8 cm³/mol. The molecule has 5 heteroatoms. The van der Waals surface area contributed by atoms with E-state index in [0.29, 0.717) is 0 Å². The molecule has 0 aliphatic carbocycles. The molecule has 0 saturated carbocycles. The van der Waals surface area contributed by atoms with E-state index in [1.54, 1.807) is 23.1 Å². The lowest BCUT2D eigenvalue weighted by molar-refractivity contribution is 0.967. The van der Waals surface area contributed by atoms with Gasteiger partial charge in [0.1, 0.15) is 5.82 Å². The number of rotatable bonds is 5. The van der Waals surface area contributed by atoms with Gasteiger partial charge in [-0.05, 0) is 30.7 Å². The molecule has 0 unspecified atom stereocenters. The highest BCUT2D eigenvalue weighted by Gasteiger charge is 2.06. The Kier molecular flexibility index (Phi) is 4.18. The lowest BCUT2D eigenvalue weighted by atomic mass is 10.3. The number of hydrogen-bond donors (Lipinski definition) is 1. The van der Waals surface area contributed by atoms with Crippen LogP contribution in [-0.4, -0.2) is 16.5 Å². The molecule has 20 heavy (non-hydrogen) atoms. The minimum Gasteiger partial charge on any atom is -0.370 e. The van der Waals surface area contributed by atoms with Crippen LogP contribution in [0.15, 0.2) is 51.8 Å². The summed E-state index contributed by atoms with van der Waals surface area (Å²) in [6.45, 7) is 3.09. The van der Waals surface area contributed by atoms with E-state index in [1.807, 2.05) is 24.4 Å². The molecule has 0 fully saturated rings. The van der Waals surface area contributed by atoms with E-state index in [1.165, 1.54) is 4.70 Å². The Labute approximate surface area is 126 Å². The Balaban J connectivity index is 1.79. The fraction of sp³-hybridized carbons (Fsp3) is 0.200. The smallest absolute Gasteiger partial charge is 0.155 e. The van der Waals surface area contributed by atoms with Gasteiger partial charge in [-0.25, -0.2) is 9.97 Å². The monoisotopic (exact) mass is 301 g/mol. The van der Waals surface area contributed by atoms with Crippen LogP contribution in [0.25, 0.3) is 10.2 Å². The molecule has 0 radical (unpaired) electrons. The van der Waals surface area contributed by atoms with Crippen LogP contribution in [0.4, 0.5) is 5.82 Å².